The molecule has 1 rings (SSSR count). The van der Waals surface area contributed by atoms with Crippen LogP contribution in [-0.4, -0.2) is 29.6 Å². The standard InChI is InChI=1S/C12H17F2NO/c1-3-15(4-2)8-12(16)9-5-6-10(13)11(14)7-9/h5-7,12,16H,3-4,8H2,1-2H3. The number of aliphatic hydroxyl groups is 1. The lowest BCUT2D eigenvalue weighted by Gasteiger charge is -2.22. The Kier molecular flexibility index (Phi) is 4.83. The summed E-state index contributed by atoms with van der Waals surface area (Å²) in [5, 5.41) is 9.84. The third-order valence-corrected chi connectivity index (χ3v) is 2.65. The third kappa shape index (κ3) is 3.25. The lowest BCUT2D eigenvalue weighted by atomic mass is 10.1. The summed E-state index contributed by atoms with van der Waals surface area (Å²) in [5.41, 5.74) is 0.408. The van der Waals surface area contributed by atoms with Crippen molar-refractivity contribution in [3.05, 3.63) is 35.4 Å². The summed E-state index contributed by atoms with van der Waals surface area (Å²) in [7, 11) is 0. The zero-order chi connectivity index (χ0) is 12.1. The minimum Gasteiger partial charge on any atom is -0.387 e. The van der Waals surface area contributed by atoms with E-state index < -0.39 is 17.7 Å². The van der Waals surface area contributed by atoms with E-state index in [9.17, 15) is 13.9 Å². The predicted octanol–water partition coefficient (Wildman–Crippen LogP) is 2.34. The molecular weight excluding hydrogens is 212 g/mol. The van der Waals surface area contributed by atoms with Crippen molar-refractivity contribution in [1.82, 2.24) is 4.90 Å². The molecule has 0 fully saturated rings. The molecule has 16 heavy (non-hydrogen) atoms. The molecule has 0 saturated heterocycles. The zero-order valence-electron chi connectivity index (χ0n) is 9.58. The molecule has 0 heterocycles. The molecule has 90 valence electrons. The topological polar surface area (TPSA) is 23.5 Å². The van der Waals surface area contributed by atoms with Crippen LogP contribution in [0.5, 0.6) is 0 Å². The minimum atomic E-state index is -0.920. The summed E-state index contributed by atoms with van der Waals surface area (Å²) >= 11 is 0. The summed E-state index contributed by atoms with van der Waals surface area (Å²) in [6.45, 7) is 6.04. The quantitative estimate of drug-likeness (QED) is 0.837. The largest absolute Gasteiger partial charge is 0.387 e. The molecule has 2 nitrogen and oxygen atoms in total. The first-order chi connectivity index (χ1) is 7.58. The van der Waals surface area contributed by atoms with Gasteiger partial charge in [0, 0.05) is 6.54 Å². The Balaban J connectivity index is 2.72. The molecule has 1 atom stereocenters. The number of halogens is 2. The third-order valence-electron chi connectivity index (χ3n) is 2.65. The van der Waals surface area contributed by atoms with Gasteiger partial charge in [0.2, 0.25) is 0 Å². The molecule has 4 heteroatoms. The maximum absolute atomic E-state index is 12.9. The van der Waals surface area contributed by atoms with Crippen LogP contribution < -0.4 is 0 Å². The smallest absolute Gasteiger partial charge is 0.159 e. The van der Waals surface area contributed by atoms with Gasteiger partial charge in [-0.3, -0.25) is 0 Å². The van der Waals surface area contributed by atoms with Gasteiger partial charge in [-0.25, -0.2) is 8.78 Å². The molecule has 0 aliphatic carbocycles. The average Bonchev–Trinajstić information content (AvgIpc) is 2.29. The van der Waals surface area contributed by atoms with E-state index >= 15 is 0 Å². The molecule has 0 radical (unpaired) electrons. The first-order valence-electron chi connectivity index (χ1n) is 5.43. The Morgan fingerprint density at radius 1 is 1.19 bits per heavy atom. The second kappa shape index (κ2) is 5.92. The summed E-state index contributed by atoms with van der Waals surface area (Å²) in [6.07, 6.45) is -0.782. The van der Waals surface area contributed by atoms with Crippen LogP contribution in [-0.2, 0) is 0 Å². The highest BCUT2D eigenvalue weighted by Crippen LogP contribution is 2.17. The van der Waals surface area contributed by atoms with Gasteiger partial charge in [0.05, 0.1) is 6.10 Å². The van der Waals surface area contributed by atoms with Gasteiger partial charge < -0.3 is 10.0 Å². The Morgan fingerprint density at radius 3 is 2.31 bits per heavy atom. The molecule has 0 amide bonds. The van der Waals surface area contributed by atoms with Crippen molar-refractivity contribution >= 4 is 0 Å². The Bertz CT molecular complexity index is 340. The highest BCUT2D eigenvalue weighted by Gasteiger charge is 2.13. The normalized spacial score (nSPS) is 13.1. The fourth-order valence-corrected chi connectivity index (χ4v) is 1.55. The lowest BCUT2D eigenvalue weighted by molar-refractivity contribution is 0.118. The molecule has 0 spiro atoms. The second-order valence-electron chi connectivity index (χ2n) is 3.68. The molecule has 0 aliphatic rings. The number of benzene rings is 1. The number of nitrogens with zero attached hydrogens (tertiary/aromatic N) is 1. The van der Waals surface area contributed by atoms with Gasteiger partial charge in [0.1, 0.15) is 0 Å². The molecular formula is C12H17F2NO. The second-order valence-corrected chi connectivity index (χ2v) is 3.68. The Hall–Kier alpha value is -1.00. The van der Waals surface area contributed by atoms with Gasteiger partial charge >= 0.3 is 0 Å². The van der Waals surface area contributed by atoms with Crippen LogP contribution in [0.3, 0.4) is 0 Å². The van der Waals surface area contributed by atoms with Gasteiger partial charge in [-0.1, -0.05) is 19.9 Å². The van der Waals surface area contributed by atoms with Crippen molar-refractivity contribution in [2.45, 2.75) is 20.0 Å². The molecule has 1 unspecified atom stereocenters. The van der Waals surface area contributed by atoms with Gasteiger partial charge in [0.15, 0.2) is 11.6 Å². The summed E-state index contributed by atoms with van der Waals surface area (Å²) in [4.78, 5) is 2.02. The van der Waals surface area contributed by atoms with Gasteiger partial charge in [-0.2, -0.15) is 0 Å². The van der Waals surface area contributed by atoms with Gasteiger partial charge in [0.25, 0.3) is 0 Å². The molecule has 0 saturated carbocycles. The Labute approximate surface area is 94.5 Å². The Morgan fingerprint density at radius 2 is 1.81 bits per heavy atom. The van der Waals surface area contributed by atoms with E-state index in [1.54, 1.807) is 0 Å². The van der Waals surface area contributed by atoms with Gasteiger partial charge in [-0.05, 0) is 30.8 Å². The van der Waals surface area contributed by atoms with Crippen LogP contribution in [0.1, 0.15) is 25.5 Å². The molecule has 1 aromatic carbocycles. The maximum atomic E-state index is 12.9. The number of hydrogen-bond acceptors (Lipinski definition) is 2. The first kappa shape index (κ1) is 13.1. The minimum absolute atomic E-state index is 0.408. The molecule has 0 bridgehead atoms. The maximum Gasteiger partial charge on any atom is 0.159 e. The fraction of sp³-hybridized carbons (Fsp3) is 0.500. The SMILES string of the molecule is CCN(CC)CC(O)c1ccc(F)c(F)c1. The van der Waals surface area contributed by atoms with Crippen LogP contribution in [0.4, 0.5) is 8.78 Å². The van der Waals surface area contributed by atoms with E-state index in [-0.39, 0.29) is 0 Å². The van der Waals surface area contributed by atoms with Gasteiger partial charge in [-0.15, -0.1) is 0 Å². The van der Waals surface area contributed by atoms with E-state index in [0.717, 1.165) is 25.2 Å². The fourth-order valence-electron chi connectivity index (χ4n) is 1.55. The van der Waals surface area contributed by atoms with E-state index in [4.69, 9.17) is 0 Å². The monoisotopic (exact) mass is 229 g/mol. The average molecular weight is 229 g/mol. The predicted molar refractivity (Wildman–Crippen MR) is 59.1 cm³/mol. The van der Waals surface area contributed by atoms with Crippen molar-refractivity contribution in [3.8, 4) is 0 Å². The molecule has 0 aliphatic heterocycles. The van der Waals surface area contributed by atoms with Crippen LogP contribution in [0.2, 0.25) is 0 Å². The highest BCUT2D eigenvalue weighted by molar-refractivity contribution is 5.20. The van der Waals surface area contributed by atoms with Crippen LogP contribution in [0, 0.1) is 11.6 Å². The van der Waals surface area contributed by atoms with Crippen molar-refractivity contribution in [2.24, 2.45) is 0 Å². The van der Waals surface area contributed by atoms with Crippen molar-refractivity contribution in [2.75, 3.05) is 19.6 Å². The summed E-state index contributed by atoms with van der Waals surface area (Å²) in [5.74, 6) is -1.81. The van der Waals surface area contributed by atoms with Crippen molar-refractivity contribution < 1.29 is 13.9 Å². The summed E-state index contributed by atoms with van der Waals surface area (Å²) in [6, 6.07) is 3.49. The first-order valence-corrected chi connectivity index (χ1v) is 5.43. The van der Waals surface area contributed by atoms with E-state index in [2.05, 4.69) is 0 Å². The molecule has 1 aromatic rings. The van der Waals surface area contributed by atoms with Crippen molar-refractivity contribution in [3.63, 3.8) is 0 Å². The van der Waals surface area contributed by atoms with Crippen LogP contribution in [0.25, 0.3) is 0 Å². The molecule has 0 aromatic heterocycles. The molecule has 1 N–H and O–H groups in total. The number of rotatable bonds is 5. The van der Waals surface area contributed by atoms with Crippen LogP contribution >= 0.6 is 0 Å². The van der Waals surface area contributed by atoms with E-state index in [1.165, 1.54) is 6.07 Å². The van der Waals surface area contributed by atoms with E-state index in [0.29, 0.717) is 12.1 Å². The number of aliphatic hydroxyl groups excluding tert-OH is 1. The van der Waals surface area contributed by atoms with E-state index in [1.807, 2.05) is 18.7 Å². The number of likely N-dealkylation sites (N-methyl/N-ethyl adjacent to an activating group) is 1. The zero-order valence-corrected chi connectivity index (χ0v) is 9.58. The number of hydrogen-bond donors (Lipinski definition) is 1. The highest BCUT2D eigenvalue weighted by atomic mass is 19.2. The van der Waals surface area contributed by atoms with Crippen molar-refractivity contribution in [1.29, 1.82) is 0 Å². The van der Waals surface area contributed by atoms with Crippen LogP contribution in [0.15, 0.2) is 18.2 Å². The lowest BCUT2D eigenvalue weighted by Crippen LogP contribution is -2.28. The summed E-state index contributed by atoms with van der Waals surface area (Å²) < 4.78 is 25.6.